The SMILES string of the molecule is COP(=O)(OC)OC[C@H]1O[C@@H](n2cnc(C(N)=O)c2N)[C@H](O)[C@@H]1O.NC(=O)c1ncn([C@@H]2O[C@H](CO)[C@@H](O)[C@H]2O)c1N. The number of anilines is 2. The van der Waals surface area contributed by atoms with Crippen LogP contribution in [0.3, 0.4) is 0 Å². The van der Waals surface area contributed by atoms with E-state index in [2.05, 4.69) is 19.0 Å². The standard InChI is InChI=1S/C11H19N4O8P.C9H14N4O5/c1-20-24(19,21-2)22-3-5-7(16)8(17)11(23-5)15-4-14-6(9(15)12)10(13)18;10-7-4(8(11)17)12-2-13(7)9-6(16)5(15)3(1-14)18-9/h4-5,7-8,11,16-17H,3,12H2,1-2H3,(H2,13,18);2-3,5-6,9,14-16H,1,10H2,(H2,11,17)/t5-,7-,8-,11-;3-,5-,6-,9-/m11/s1. The number of phosphoric ester groups is 1. The average Bonchev–Trinajstić information content (AvgIpc) is 3.68. The van der Waals surface area contributed by atoms with Crippen LogP contribution in [-0.4, -0.2) is 121 Å². The van der Waals surface area contributed by atoms with Gasteiger partial charge in [-0.3, -0.25) is 32.3 Å². The van der Waals surface area contributed by atoms with E-state index in [9.17, 15) is 34.6 Å². The number of carbonyl (C=O) groups is 2. The molecular formula is C20H33N8O13P. The van der Waals surface area contributed by atoms with Crippen molar-refractivity contribution in [1.82, 2.24) is 19.1 Å². The number of nitrogen functional groups attached to an aromatic ring is 2. The molecule has 0 bridgehead atoms. The third-order valence-electron chi connectivity index (χ3n) is 6.38. The Morgan fingerprint density at radius 1 is 0.857 bits per heavy atom. The molecule has 4 rings (SSSR count). The number of hydrogen-bond donors (Lipinski definition) is 9. The number of aliphatic hydroxyl groups excluding tert-OH is 5. The van der Waals surface area contributed by atoms with E-state index in [0.717, 1.165) is 25.1 Å². The number of aromatic nitrogens is 4. The van der Waals surface area contributed by atoms with E-state index < -0.39 is 75.3 Å². The van der Waals surface area contributed by atoms with Crippen molar-refractivity contribution in [3.63, 3.8) is 0 Å². The zero-order valence-corrected chi connectivity index (χ0v) is 23.1. The Labute approximate surface area is 237 Å². The maximum absolute atomic E-state index is 11.8. The first-order valence-corrected chi connectivity index (χ1v) is 13.4. The number of aliphatic hydroxyl groups is 5. The fourth-order valence-electron chi connectivity index (χ4n) is 4.08. The second-order valence-corrected chi connectivity index (χ2v) is 10.8. The summed E-state index contributed by atoms with van der Waals surface area (Å²) < 4.78 is 39.0. The highest BCUT2D eigenvalue weighted by atomic mass is 31.2. The molecule has 2 aliphatic heterocycles. The molecule has 0 radical (unpaired) electrons. The molecule has 0 spiro atoms. The summed E-state index contributed by atoms with van der Waals surface area (Å²) in [5.74, 6) is -1.85. The molecule has 0 unspecified atom stereocenters. The Balaban J connectivity index is 0.000000240. The summed E-state index contributed by atoms with van der Waals surface area (Å²) in [4.78, 5) is 29.6. The van der Waals surface area contributed by atoms with Gasteiger partial charge in [0, 0.05) is 14.2 Å². The third-order valence-corrected chi connectivity index (χ3v) is 7.74. The molecule has 2 aliphatic rings. The smallest absolute Gasteiger partial charge is 0.394 e. The van der Waals surface area contributed by atoms with Crippen LogP contribution in [0.4, 0.5) is 11.6 Å². The summed E-state index contributed by atoms with van der Waals surface area (Å²) in [6.45, 7) is -0.836. The lowest BCUT2D eigenvalue weighted by atomic mass is 10.1. The number of ether oxygens (including phenoxy) is 2. The summed E-state index contributed by atoms with van der Waals surface area (Å²) in [5.41, 5.74) is 21.2. The highest BCUT2D eigenvalue weighted by Crippen LogP contribution is 2.48. The highest BCUT2D eigenvalue weighted by molar-refractivity contribution is 7.48. The van der Waals surface area contributed by atoms with E-state index >= 15 is 0 Å². The van der Waals surface area contributed by atoms with Crippen molar-refractivity contribution in [2.45, 2.75) is 49.1 Å². The molecule has 42 heavy (non-hydrogen) atoms. The lowest BCUT2D eigenvalue weighted by Crippen LogP contribution is -2.33. The predicted octanol–water partition coefficient (Wildman–Crippen LogP) is -4.22. The van der Waals surface area contributed by atoms with Crippen LogP contribution < -0.4 is 22.9 Å². The molecule has 2 saturated heterocycles. The Kier molecular flexibility index (Phi) is 10.6. The third kappa shape index (κ3) is 6.55. The highest BCUT2D eigenvalue weighted by Gasteiger charge is 2.46. The molecule has 0 aliphatic carbocycles. The van der Waals surface area contributed by atoms with Crippen LogP contribution in [0.2, 0.25) is 0 Å². The molecule has 0 saturated carbocycles. The summed E-state index contributed by atoms with van der Waals surface area (Å²) in [5, 5.41) is 48.5. The van der Waals surface area contributed by atoms with E-state index in [1.165, 1.54) is 10.9 Å². The number of nitrogens with zero attached hydrogens (tertiary/aromatic N) is 4. The van der Waals surface area contributed by atoms with Gasteiger partial charge in [-0.25, -0.2) is 14.5 Å². The zero-order chi connectivity index (χ0) is 31.5. The maximum atomic E-state index is 11.8. The Hall–Kier alpha value is -3.21. The van der Waals surface area contributed by atoms with Crippen LogP contribution in [0.25, 0.3) is 0 Å². The van der Waals surface area contributed by atoms with Gasteiger partial charge in [-0.15, -0.1) is 0 Å². The monoisotopic (exact) mass is 624 g/mol. The van der Waals surface area contributed by atoms with Crippen LogP contribution in [0.15, 0.2) is 12.7 Å². The van der Waals surface area contributed by atoms with Crippen LogP contribution in [-0.2, 0) is 27.6 Å². The average molecular weight is 625 g/mol. The molecule has 13 N–H and O–H groups in total. The van der Waals surface area contributed by atoms with Crippen molar-refractivity contribution in [2.24, 2.45) is 11.5 Å². The van der Waals surface area contributed by atoms with Crippen LogP contribution in [0.5, 0.6) is 0 Å². The number of phosphoric acid groups is 1. The lowest BCUT2D eigenvalue weighted by Gasteiger charge is -2.18. The number of carbonyl (C=O) groups excluding carboxylic acids is 2. The molecule has 2 aromatic rings. The van der Waals surface area contributed by atoms with E-state index in [4.69, 9.17) is 42.0 Å². The largest absolute Gasteiger partial charge is 0.474 e. The second kappa shape index (κ2) is 13.4. The first kappa shape index (κ1) is 33.3. The predicted molar refractivity (Wildman–Crippen MR) is 137 cm³/mol. The van der Waals surface area contributed by atoms with Crippen molar-refractivity contribution >= 4 is 31.3 Å². The molecule has 0 aromatic carbocycles. The second-order valence-electron chi connectivity index (χ2n) is 8.88. The van der Waals surface area contributed by atoms with Crippen LogP contribution in [0, 0.1) is 0 Å². The summed E-state index contributed by atoms with van der Waals surface area (Å²) in [6.07, 6.45) is -7.15. The van der Waals surface area contributed by atoms with Crippen LogP contribution in [0.1, 0.15) is 33.4 Å². The summed E-state index contributed by atoms with van der Waals surface area (Å²) in [6, 6.07) is 0. The number of primary amides is 2. The van der Waals surface area contributed by atoms with E-state index in [1.807, 2.05) is 0 Å². The summed E-state index contributed by atoms with van der Waals surface area (Å²) >= 11 is 0. The normalized spacial score (nSPS) is 29.3. The van der Waals surface area contributed by atoms with E-state index in [1.54, 1.807) is 0 Å². The lowest BCUT2D eigenvalue weighted by molar-refractivity contribution is -0.0521. The van der Waals surface area contributed by atoms with Gasteiger partial charge in [0.05, 0.1) is 25.9 Å². The molecule has 21 nitrogen and oxygen atoms in total. The quantitative estimate of drug-likeness (QED) is 0.113. The summed E-state index contributed by atoms with van der Waals surface area (Å²) in [7, 11) is -1.51. The van der Waals surface area contributed by atoms with Gasteiger partial charge in [0.15, 0.2) is 23.8 Å². The van der Waals surface area contributed by atoms with E-state index in [0.29, 0.717) is 0 Å². The van der Waals surface area contributed by atoms with Gasteiger partial charge in [-0.2, -0.15) is 0 Å². The molecule has 2 fully saturated rings. The van der Waals surface area contributed by atoms with Gasteiger partial charge < -0.3 is 57.9 Å². The molecule has 2 amide bonds. The fourth-order valence-corrected chi connectivity index (χ4v) is 4.77. The molecule has 2 aromatic heterocycles. The van der Waals surface area contributed by atoms with Crippen molar-refractivity contribution in [3.8, 4) is 0 Å². The number of amides is 2. The first-order chi connectivity index (χ1) is 19.7. The molecular weight excluding hydrogens is 591 g/mol. The molecule has 4 heterocycles. The van der Waals surface area contributed by atoms with Gasteiger partial charge in [0.2, 0.25) is 0 Å². The molecule has 22 heteroatoms. The topological polar surface area (TPSA) is 338 Å². The number of imidazole rings is 2. The molecule has 236 valence electrons. The minimum atomic E-state index is -3.77. The van der Waals surface area contributed by atoms with Gasteiger partial charge in [0.25, 0.3) is 11.8 Å². The van der Waals surface area contributed by atoms with Gasteiger partial charge in [-0.1, -0.05) is 0 Å². The Morgan fingerprint density at radius 2 is 1.26 bits per heavy atom. The molecule has 8 atom stereocenters. The van der Waals surface area contributed by atoms with Crippen molar-refractivity contribution in [3.05, 3.63) is 24.0 Å². The van der Waals surface area contributed by atoms with Crippen molar-refractivity contribution < 1.29 is 62.7 Å². The number of rotatable bonds is 10. The van der Waals surface area contributed by atoms with Crippen molar-refractivity contribution in [1.29, 1.82) is 0 Å². The van der Waals surface area contributed by atoms with Gasteiger partial charge in [-0.05, 0) is 0 Å². The van der Waals surface area contributed by atoms with Gasteiger partial charge in [0.1, 0.15) is 48.3 Å². The number of hydrogen-bond acceptors (Lipinski definition) is 17. The van der Waals surface area contributed by atoms with Gasteiger partial charge >= 0.3 is 7.82 Å². The number of nitrogens with two attached hydrogens (primary N) is 4. The zero-order valence-electron chi connectivity index (χ0n) is 22.2. The van der Waals surface area contributed by atoms with Crippen LogP contribution >= 0.6 is 7.82 Å². The minimum absolute atomic E-state index is 0.0719. The fraction of sp³-hybridized carbons (Fsp3) is 0.600. The van der Waals surface area contributed by atoms with Crippen molar-refractivity contribution in [2.75, 3.05) is 38.9 Å². The Bertz CT molecular complexity index is 1300. The minimum Gasteiger partial charge on any atom is -0.394 e. The van der Waals surface area contributed by atoms with E-state index in [-0.39, 0.29) is 29.6 Å². The maximum Gasteiger partial charge on any atom is 0.474 e. The first-order valence-electron chi connectivity index (χ1n) is 12.0. The Morgan fingerprint density at radius 3 is 1.60 bits per heavy atom.